The van der Waals surface area contributed by atoms with Crippen LogP contribution in [0.2, 0.25) is 0 Å². The van der Waals surface area contributed by atoms with E-state index < -0.39 is 5.41 Å². The van der Waals surface area contributed by atoms with E-state index in [1.165, 1.54) is 64.7 Å². The van der Waals surface area contributed by atoms with Crippen LogP contribution in [0.4, 0.5) is 0 Å². The van der Waals surface area contributed by atoms with Crippen LogP contribution >= 0.6 is 11.3 Å². The van der Waals surface area contributed by atoms with Gasteiger partial charge in [0, 0.05) is 36.9 Å². The van der Waals surface area contributed by atoms with E-state index >= 15 is 0 Å². The zero-order valence-corrected chi connectivity index (χ0v) is 34.6. The van der Waals surface area contributed by atoms with Crippen LogP contribution in [0.5, 0.6) is 0 Å². The molecule has 2 aromatic heterocycles. The van der Waals surface area contributed by atoms with Gasteiger partial charge in [-0.3, -0.25) is 0 Å². The van der Waals surface area contributed by atoms with E-state index in [1.54, 1.807) is 0 Å². The Bertz CT molecular complexity index is 3400. The SMILES string of the molecule is c1ccc(-c2nc(-c3ccc(-c4ccc5c(c4)-c4ccccc4C5(c4ccccc4)c4ccccc4)cc3)cc(-c3cccc(-c4ccc5c(c4)sc4ccccc45)c3)n2)cc1. The highest BCUT2D eigenvalue weighted by Gasteiger charge is 2.45. The molecular weight excluding hydrogens is 769 g/mol. The molecule has 0 spiro atoms. The maximum Gasteiger partial charge on any atom is 0.160 e. The molecule has 12 rings (SSSR count). The lowest BCUT2D eigenvalue weighted by Crippen LogP contribution is -2.28. The molecule has 3 heteroatoms. The molecule has 2 nitrogen and oxygen atoms in total. The van der Waals surface area contributed by atoms with Crippen molar-refractivity contribution in [3.05, 3.63) is 253 Å². The minimum Gasteiger partial charge on any atom is -0.228 e. The summed E-state index contributed by atoms with van der Waals surface area (Å²) in [5.74, 6) is 0.705. The number of nitrogens with zero attached hydrogens (tertiary/aromatic N) is 2. The van der Waals surface area contributed by atoms with Gasteiger partial charge in [0.25, 0.3) is 0 Å². The fraction of sp³-hybridized carbons (Fsp3) is 0.0169. The van der Waals surface area contributed by atoms with Crippen LogP contribution < -0.4 is 0 Å². The quantitative estimate of drug-likeness (QED) is 0.160. The van der Waals surface area contributed by atoms with Gasteiger partial charge in [0.15, 0.2) is 5.82 Å². The van der Waals surface area contributed by atoms with Gasteiger partial charge in [0.05, 0.1) is 16.8 Å². The minimum atomic E-state index is -0.412. The Morgan fingerprint density at radius 2 is 0.839 bits per heavy atom. The average molecular weight is 807 g/mol. The van der Waals surface area contributed by atoms with Crippen molar-refractivity contribution in [2.24, 2.45) is 0 Å². The highest BCUT2D eigenvalue weighted by atomic mass is 32.1. The van der Waals surface area contributed by atoms with Crippen molar-refractivity contribution in [3.8, 4) is 67.3 Å². The first kappa shape index (κ1) is 36.2. The largest absolute Gasteiger partial charge is 0.228 e. The summed E-state index contributed by atoms with van der Waals surface area (Å²) in [6.45, 7) is 0. The summed E-state index contributed by atoms with van der Waals surface area (Å²) < 4.78 is 2.61. The predicted octanol–water partition coefficient (Wildman–Crippen LogP) is 15.5. The number of aromatic nitrogens is 2. The Balaban J connectivity index is 0.928. The van der Waals surface area contributed by atoms with E-state index in [4.69, 9.17) is 9.97 Å². The summed E-state index contributed by atoms with van der Waals surface area (Å²) in [6, 6.07) is 83.4. The molecule has 0 aliphatic heterocycles. The maximum atomic E-state index is 5.18. The molecule has 0 atom stereocenters. The molecular formula is C59H38N2S. The van der Waals surface area contributed by atoms with Crippen molar-refractivity contribution in [2.45, 2.75) is 5.41 Å². The summed E-state index contributed by atoms with van der Waals surface area (Å²) >= 11 is 1.85. The Labute approximate surface area is 365 Å². The standard InChI is InChI=1S/C59H38N2S/c1-4-15-41(16-5-1)58-60-54(38-55(61-58)45-18-14-17-42(35-45)44-31-33-50-49-24-11-13-26-56(49)62-57(50)37-44)40-29-27-39(28-30-40)43-32-34-53-51(36-43)48-23-10-12-25-52(48)59(53,46-19-6-2-7-20-46)47-21-8-3-9-22-47/h1-38H. The second-order valence-electron chi connectivity index (χ2n) is 16.1. The van der Waals surface area contributed by atoms with Crippen LogP contribution in [0, 0.1) is 0 Å². The number of hydrogen-bond donors (Lipinski definition) is 0. The molecule has 0 saturated heterocycles. The maximum absolute atomic E-state index is 5.18. The predicted molar refractivity (Wildman–Crippen MR) is 259 cm³/mol. The van der Waals surface area contributed by atoms with Crippen LogP contribution in [0.3, 0.4) is 0 Å². The lowest BCUT2D eigenvalue weighted by Gasteiger charge is -2.33. The van der Waals surface area contributed by atoms with Gasteiger partial charge in [-0.25, -0.2) is 9.97 Å². The summed E-state index contributed by atoms with van der Waals surface area (Å²) in [5, 5.41) is 2.62. The van der Waals surface area contributed by atoms with Gasteiger partial charge in [0.1, 0.15) is 0 Å². The molecule has 0 bridgehead atoms. The van der Waals surface area contributed by atoms with Crippen molar-refractivity contribution >= 4 is 31.5 Å². The molecule has 2 heterocycles. The molecule has 1 aliphatic rings. The first-order valence-corrected chi connectivity index (χ1v) is 22.0. The Hall–Kier alpha value is -7.72. The van der Waals surface area contributed by atoms with Gasteiger partial charge < -0.3 is 0 Å². The zero-order chi connectivity index (χ0) is 41.0. The van der Waals surface area contributed by atoms with E-state index in [-0.39, 0.29) is 0 Å². The molecule has 0 fully saturated rings. The first-order valence-electron chi connectivity index (χ1n) is 21.1. The monoisotopic (exact) mass is 806 g/mol. The van der Waals surface area contributed by atoms with E-state index in [2.05, 4.69) is 212 Å². The van der Waals surface area contributed by atoms with Gasteiger partial charge in [-0.05, 0) is 86.0 Å². The lowest BCUT2D eigenvalue weighted by atomic mass is 9.67. The summed E-state index contributed by atoms with van der Waals surface area (Å²) in [5.41, 5.74) is 16.9. The number of benzene rings is 9. The Kier molecular flexibility index (Phi) is 8.62. The van der Waals surface area contributed by atoms with Crippen LogP contribution in [-0.4, -0.2) is 9.97 Å². The van der Waals surface area contributed by atoms with E-state index in [0.717, 1.165) is 39.2 Å². The van der Waals surface area contributed by atoms with E-state index in [1.807, 2.05) is 29.5 Å². The number of fused-ring (bicyclic) bond motifs is 6. The molecule has 0 unspecified atom stereocenters. The second kappa shape index (κ2) is 14.8. The molecule has 1 aliphatic carbocycles. The molecule has 0 saturated carbocycles. The van der Waals surface area contributed by atoms with Crippen molar-refractivity contribution in [1.29, 1.82) is 0 Å². The number of hydrogen-bond acceptors (Lipinski definition) is 3. The van der Waals surface area contributed by atoms with E-state index in [9.17, 15) is 0 Å². The van der Waals surface area contributed by atoms with Crippen LogP contribution in [0.15, 0.2) is 231 Å². The summed E-state index contributed by atoms with van der Waals surface area (Å²) in [7, 11) is 0. The van der Waals surface area contributed by atoms with Crippen molar-refractivity contribution in [3.63, 3.8) is 0 Å². The molecule has 0 N–H and O–H groups in total. The normalized spacial score (nSPS) is 12.6. The van der Waals surface area contributed by atoms with Crippen molar-refractivity contribution < 1.29 is 0 Å². The van der Waals surface area contributed by atoms with Crippen LogP contribution in [0.25, 0.3) is 87.5 Å². The number of rotatable bonds is 7. The number of thiophene rings is 1. The first-order chi connectivity index (χ1) is 30.7. The van der Waals surface area contributed by atoms with Crippen LogP contribution in [-0.2, 0) is 5.41 Å². The van der Waals surface area contributed by atoms with Crippen molar-refractivity contribution in [2.75, 3.05) is 0 Å². The van der Waals surface area contributed by atoms with Gasteiger partial charge in [-0.1, -0.05) is 200 Å². The fourth-order valence-corrected chi connectivity index (χ4v) is 10.8. The van der Waals surface area contributed by atoms with E-state index in [0.29, 0.717) is 5.82 Å². The highest BCUT2D eigenvalue weighted by molar-refractivity contribution is 7.25. The average Bonchev–Trinajstić information content (AvgIpc) is 3.88. The molecule has 11 aromatic rings. The smallest absolute Gasteiger partial charge is 0.160 e. The second-order valence-corrected chi connectivity index (χ2v) is 17.2. The third-order valence-electron chi connectivity index (χ3n) is 12.6. The zero-order valence-electron chi connectivity index (χ0n) is 33.7. The van der Waals surface area contributed by atoms with Crippen LogP contribution in [0.1, 0.15) is 22.3 Å². The molecule has 290 valence electrons. The Morgan fingerprint density at radius 1 is 0.306 bits per heavy atom. The lowest BCUT2D eigenvalue weighted by molar-refractivity contribution is 0.768. The highest BCUT2D eigenvalue weighted by Crippen LogP contribution is 2.56. The third-order valence-corrected chi connectivity index (χ3v) is 13.7. The third kappa shape index (κ3) is 5.93. The minimum absolute atomic E-state index is 0.412. The topological polar surface area (TPSA) is 25.8 Å². The Morgan fingerprint density at radius 3 is 1.61 bits per heavy atom. The molecule has 62 heavy (non-hydrogen) atoms. The van der Waals surface area contributed by atoms with Gasteiger partial charge in [-0.2, -0.15) is 0 Å². The molecule has 0 radical (unpaired) electrons. The van der Waals surface area contributed by atoms with Gasteiger partial charge >= 0.3 is 0 Å². The summed E-state index contributed by atoms with van der Waals surface area (Å²) in [4.78, 5) is 10.3. The molecule has 9 aromatic carbocycles. The van der Waals surface area contributed by atoms with Crippen molar-refractivity contribution in [1.82, 2.24) is 9.97 Å². The van der Waals surface area contributed by atoms with Gasteiger partial charge in [-0.15, -0.1) is 11.3 Å². The van der Waals surface area contributed by atoms with Gasteiger partial charge in [0.2, 0.25) is 0 Å². The molecule has 0 amide bonds. The summed E-state index contributed by atoms with van der Waals surface area (Å²) in [6.07, 6.45) is 0. The fourth-order valence-electron chi connectivity index (χ4n) is 9.69.